The Morgan fingerprint density at radius 2 is 1.72 bits per heavy atom. The smallest absolute Gasteiger partial charge is 0.301 e. The number of nitrogens with zero attached hydrogens (tertiary/aromatic N) is 2. The van der Waals surface area contributed by atoms with Crippen molar-refractivity contribution < 1.29 is 19.4 Å². The highest BCUT2D eigenvalue weighted by Crippen LogP contribution is 2.44. The van der Waals surface area contributed by atoms with Crippen molar-refractivity contribution in [3.05, 3.63) is 81.4 Å². The molecule has 1 atom stereocenters. The molecular formula is C25H24N2O4S. The molecule has 0 spiro atoms. The van der Waals surface area contributed by atoms with E-state index < -0.39 is 17.7 Å². The van der Waals surface area contributed by atoms with Gasteiger partial charge in [-0.15, -0.1) is 11.3 Å². The molecule has 32 heavy (non-hydrogen) atoms. The summed E-state index contributed by atoms with van der Waals surface area (Å²) >= 11 is 1.35. The number of ether oxygens (including phenoxy) is 1. The maximum Gasteiger partial charge on any atom is 0.301 e. The van der Waals surface area contributed by atoms with Crippen LogP contribution in [-0.2, 0) is 9.59 Å². The number of aliphatic hydroxyl groups is 1. The fourth-order valence-electron chi connectivity index (χ4n) is 3.68. The van der Waals surface area contributed by atoms with Gasteiger partial charge in [0.1, 0.15) is 11.5 Å². The fourth-order valence-corrected chi connectivity index (χ4v) is 4.62. The normalized spacial score (nSPS) is 17.8. The summed E-state index contributed by atoms with van der Waals surface area (Å²) in [5, 5.41) is 11.6. The number of carbonyl (C=O) groups excluding carboxylic acids is 2. The Labute approximate surface area is 190 Å². The van der Waals surface area contributed by atoms with Gasteiger partial charge in [0, 0.05) is 10.4 Å². The van der Waals surface area contributed by atoms with E-state index in [9.17, 15) is 14.7 Å². The van der Waals surface area contributed by atoms with E-state index in [1.807, 2.05) is 52.0 Å². The van der Waals surface area contributed by atoms with Gasteiger partial charge in [-0.25, -0.2) is 4.98 Å². The number of Topliss-reactive ketones (excluding diaryl/α,β-unsaturated/α-hetero) is 1. The highest BCUT2D eigenvalue weighted by molar-refractivity contribution is 7.16. The van der Waals surface area contributed by atoms with Gasteiger partial charge in [-0.2, -0.15) is 0 Å². The van der Waals surface area contributed by atoms with Crippen LogP contribution < -0.4 is 9.64 Å². The maximum atomic E-state index is 13.2. The van der Waals surface area contributed by atoms with Crippen LogP contribution >= 0.6 is 11.3 Å². The van der Waals surface area contributed by atoms with E-state index in [2.05, 4.69) is 4.98 Å². The van der Waals surface area contributed by atoms with Crippen molar-refractivity contribution in [2.45, 2.75) is 33.7 Å². The van der Waals surface area contributed by atoms with Crippen LogP contribution in [0.5, 0.6) is 5.75 Å². The Morgan fingerprint density at radius 1 is 1.06 bits per heavy atom. The molecule has 2 heterocycles. The third kappa shape index (κ3) is 3.80. The number of hydrogen-bond acceptors (Lipinski definition) is 6. The van der Waals surface area contributed by atoms with E-state index in [4.69, 9.17) is 4.74 Å². The van der Waals surface area contributed by atoms with Crippen molar-refractivity contribution in [3.8, 4) is 5.75 Å². The molecule has 1 amide bonds. The molecular weight excluding hydrogens is 424 g/mol. The van der Waals surface area contributed by atoms with Crippen LogP contribution in [-0.4, -0.2) is 28.4 Å². The molecule has 0 aliphatic carbocycles. The third-order valence-electron chi connectivity index (χ3n) is 5.50. The van der Waals surface area contributed by atoms with Gasteiger partial charge in [0.2, 0.25) is 0 Å². The molecule has 1 aliphatic heterocycles. The van der Waals surface area contributed by atoms with Gasteiger partial charge >= 0.3 is 5.91 Å². The van der Waals surface area contributed by atoms with Gasteiger partial charge in [-0.05, 0) is 45.4 Å². The maximum absolute atomic E-state index is 13.2. The molecule has 0 bridgehead atoms. The Hall–Kier alpha value is -3.45. The predicted octanol–water partition coefficient (Wildman–Crippen LogP) is 5.09. The van der Waals surface area contributed by atoms with Crippen LogP contribution in [0.15, 0.2) is 54.1 Å². The number of anilines is 1. The lowest BCUT2D eigenvalue weighted by atomic mass is 9.95. The van der Waals surface area contributed by atoms with Crippen LogP contribution in [0.2, 0.25) is 0 Å². The first-order chi connectivity index (χ1) is 15.3. The number of thiazole rings is 1. The van der Waals surface area contributed by atoms with Crippen LogP contribution in [0.3, 0.4) is 0 Å². The van der Waals surface area contributed by atoms with Gasteiger partial charge < -0.3 is 9.84 Å². The lowest BCUT2D eigenvalue weighted by Gasteiger charge is -2.23. The van der Waals surface area contributed by atoms with Crippen molar-refractivity contribution in [2.75, 3.05) is 11.5 Å². The number of carbonyl (C=O) groups is 2. The molecule has 4 rings (SSSR count). The van der Waals surface area contributed by atoms with E-state index in [-0.39, 0.29) is 11.3 Å². The van der Waals surface area contributed by atoms with Crippen LogP contribution in [0, 0.1) is 20.8 Å². The van der Waals surface area contributed by atoms with Gasteiger partial charge in [0.25, 0.3) is 5.78 Å². The van der Waals surface area contributed by atoms with Gasteiger partial charge in [-0.3, -0.25) is 14.5 Å². The van der Waals surface area contributed by atoms with Crippen LogP contribution in [0.25, 0.3) is 5.76 Å². The summed E-state index contributed by atoms with van der Waals surface area (Å²) in [4.78, 5) is 33.2. The van der Waals surface area contributed by atoms with Crippen LogP contribution in [0.1, 0.15) is 40.2 Å². The second kappa shape index (κ2) is 8.59. The first kappa shape index (κ1) is 21.8. The van der Waals surface area contributed by atoms with Crippen molar-refractivity contribution in [1.82, 2.24) is 4.98 Å². The summed E-state index contributed by atoms with van der Waals surface area (Å²) in [6.07, 6.45) is 0. The largest absolute Gasteiger partial charge is 0.507 e. The minimum Gasteiger partial charge on any atom is -0.507 e. The average Bonchev–Trinajstić information content (AvgIpc) is 3.24. The van der Waals surface area contributed by atoms with Crippen molar-refractivity contribution in [1.29, 1.82) is 0 Å². The second-order valence-corrected chi connectivity index (χ2v) is 8.86. The summed E-state index contributed by atoms with van der Waals surface area (Å²) in [6.45, 7) is 8.16. The fraction of sp³-hybridized carbons (Fsp3) is 0.240. The number of hydrogen-bond donors (Lipinski definition) is 1. The number of aromatic nitrogens is 1. The number of aryl methyl sites for hydroxylation is 3. The number of aliphatic hydroxyl groups excluding tert-OH is 1. The first-order valence-electron chi connectivity index (χ1n) is 10.4. The highest BCUT2D eigenvalue weighted by atomic mass is 32.1. The van der Waals surface area contributed by atoms with Crippen molar-refractivity contribution in [2.24, 2.45) is 0 Å². The van der Waals surface area contributed by atoms with Gasteiger partial charge in [0.15, 0.2) is 5.13 Å². The van der Waals surface area contributed by atoms with Crippen LogP contribution in [0.4, 0.5) is 5.13 Å². The zero-order valence-corrected chi connectivity index (χ0v) is 19.2. The molecule has 1 saturated heterocycles. The summed E-state index contributed by atoms with van der Waals surface area (Å²) < 4.78 is 5.53. The van der Waals surface area contributed by atoms with E-state index in [1.54, 1.807) is 24.3 Å². The lowest BCUT2D eigenvalue weighted by molar-refractivity contribution is -0.132. The third-order valence-corrected chi connectivity index (χ3v) is 6.57. The van der Waals surface area contributed by atoms with E-state index >= 15 is 0 Å². The minimum atomic E-state index is -0.795. The Balaban J connectivity index is 1.90. The summed E-state index contributed by atoms with van der Waals surface area (Å²) in [7, 11) is 0. The molecule has 0 radical (unpaired) electrons. The second-order valence-electron chi connectivity index (χ2n) is 7.68. The zero-order chi connectivity index (χ0) is 23.0. The van der Waals surface area contributed by atoms with E-state index in [1.165, 1.54) is 16.2 Å². The molecule has 1 fully saturated rings. The van der Waals surface area contributed by atoms with E-state index in [0.29, 0.717) is 28.6 Å². The van der Waals surface area contributed by atoms with Crippen molar-refractivity contribution >= 4 is 33.9 Å². The lowest BCUT2D eigenvalue weighted by Crippen LogP contribution is -2.29. The summed E-state index contributed by atoms with van der Waals surface area (Å²) in [5.74, 6) is -0.943. The number of benzene rings is 2. The highest BCUT2D eigenvalue weighted by Gasteiger charge is 2.48. The van der Waals surface area contributed by atoms with Gasteiger partial charge in [-0.1, -0.05) is 42.0 Å². The molecule has 6 nitrogen and oxygen atoms in total. The van der Waals surface area contributed by atoms with E-state index in [0.717, 1.165) is 16.1 Å². The standard InChI is InChI=1S/C25H24N2O4S/c1-5-31-19-12-10-17(11-13-19)21-20(22(28)18-8-6-14(2)7-9-18)23(29)24(30)27(21)25-26-15(3)16(4)32-25/h6-13,21,28H,5H2,1-4H3/b22-20+/t21-/m0/s1. The molecule has 1 N–H and O–H groups in total. The zero-order valence-electron chi connectivity index (χ0n) is 18.4. The molecule has 2 aromatic carbocycles. The first-order valence-corrected chi connectivity index (χ1v) is 11.2. The summed E-state index contributed by atoms with van der Waals surface area (Å²) in [6, 6.07) is 13.6. The molecule has 3 aromatic rings. The Kier molecular flexibility index (Phi) is 5.84. The van der Waals surface area contributed by atoms with Gasteiger partial charge in [0.05, 0.1) is 23.9 Å². The molecule has 7 heteroatoms. The quantitative estimate of drug-likeness (QED) is 0.334. The molecule has 0 unspecified atom stereocenters. The minimum absolute atomic E-state index is 0.0496. The molecule has 0 saturated carbocycles. The number of rotatable bonds is 5. The SMILES string of the molecule is CCOc1ccc([C@H]2/C(=C(\O)c3ccc(C)cc3)C(=O)C(=O)N2c2nc(C)c(C)s2)cc1. The topological polar surface area (TPSA) is 79.7 Å². The predicted molar refractivity (Wildman–Crippen MR) is 125 cm³/mol. The number of amides is 1. The Morgan fingerprint density at radius 3 is 2.28 bits per heavy atom. The Bertz CT molecular complexity index is 1190. The number of ketones is 1. The summed E-state index contributed by atoms with van der Waals surface area (Å²) in [5.41, 5.74) is 3.05. The molecule has 1 aromatic heterocycles. The van der Waals surface area contributed by atoms with Crippen molar-refractivity contribution in [3.63, 3.8) is 0 Å². The molecule has 164 valence electrons. The monoisotopic (exact) mass is 448 g/mol. The molecule has 1 aliphatic rings. The average molecular weight is 449 g/mol.